The van der Waals surface area contributed by atoms with E-state index in [1.807, 2.05) is 0 Å². The van der Waals surface area contributed by atoms with Crippen LogP contribution in [0, 0.1) is 5.92 Å². The zero-order valence-electron chi connectivity index (χ0n) is 12.5. The largest absolute Gasteiger partial charge is 0.326 e. The Morgan fingerprint density at radius 1 is 1.16 bits per heavy atom. The van der Waals surface area contributed by atoms with Gasteiger partial charge in [0.05, 0.1) is 0 Å². The lowest BCUT2D eigenvalue weighted by atomic mass is 9.83. The Bertz CT molecular complexity index is 374. The Morgan fingerprint density at radius 2 is 1.79 bits per heavy atom. The van der Waals surface area contributed by atoms with Gasteiger partial charge in [-0.1, -0.05) is 50.1 Å². The summed E-state index contributed by atoms with van der Waals surface area (Å²) in [7, 11) is 2.26. The van der Waals surface area contributed by atoms with Gasteiger partial charge in [-0.15, -0.1) is 0 Å². The second kappa shape index (κ2) is 6.53. The van der Waals surface area contributed by atoms with Gasteiger partial charge in [-0.3, -0.25) is 4.90 Å². The Morgan fingerprint density at radius 3 is 2.37 bits per heavy atom. The second-order valence-electron chi connectivity index (χ2n) is 6.21. The van der Waals surface area contributed by atoms with Crippen molar-refractivity contribution in [2.45, 2.75) is 57.7 Å². The number of rotatable bonds is 4. The van der Waals surface area contributed by atoms with Crippen LogP contribution >= 0.6 is 0 Å². The zero-order chi connectivity index (χ0) is 13.8. The van der Waals surface area contributed by atoms with Gasteiger partial charge in [-0.25, -0.2) is 0 Å². The normalized spacial score (nSPS) is 27.2. The lowest BCUT2D eigenvalue weighted by Gasteiger charge is -2.42. The molecule has 2 heteroatoms. The third-order valence-corrected chi connectivity index (χ3v) is 4.67. The standard InChI is InChI=1S/C17H28N2/c1-13-9-7-8-12-16(13)19(3)17(14(2)18)15-10-5-4-6-11-15/h4-6,10-11,13-14,16-17H,7-9,12,18H2,1-3H3. The highest BCUT2D eigenvalue weighted by Gasteiger charge is 2.31. The summed E-state index contributed by atoms with van der Waals surface area (Å²) < 4.78 is 0. The minimum atomic E-state index is 0.154. The molecule has 4 unspecified atom stereocenters. The molecule has 0 heterocycles. The molecule has 1 aliphatic rings. The number of hydrogen-bond donors (Lipinski definition) is 1. The van der Waals surface area contributed by atoms with Gasteiger partial charge in [0.25, 0.3) is 0 Å². The molecule has 0 radical (unpaired) electrons. The first-order valence-electron chi connectivity index (χ1n) is 7.63. The molecule has 1 saturated carbocycles. The third-order valence-electron chi connectivity index (χ3n) is 4.67. The molecule has 106 valence electrons. The number of benzene rings is 1. The van der Waals surface area contributed by atoms with Crippen LogP contribution < -0.4 is 5.73 Å². The molecule has 0 aromatic heterocycles. The molecule has 2 nitrogen and oxygen atoms in total. The van der Waals surface area contributed by atoms with Crippen LogP contribution in [0.3, 0.4) is 0 Å². The molecule has 19 heavy (non-hydrogen) atoms. The van der Waals surface area contributed by atoms with Crippen molar-refractivity contribution in [2.75, 3.05) is 7.05 Å². The SMILES string of the molecule is CC(N)C(c1ccccc1)N(C)C1CCCCC1C. The van der Waals surface area contributed by atoms with Gasteiger partial charge in [0.1, 0.15) is 0 Å². The van der Waals surface area contributed by atoms with E-state index in [1.165, 1.54) is 31.2 Å². The molecule has 1 aromatic rings. The first kappa shape index (κ1) is 14.5. The van der Waals surface area contributed by atoms with Gasteiger partial charge < -0.3 is 5.73 Å². The molecule has 0 spiro atoms. The highest BCUT2D eigenvalue weighted by atomic mass is 15.2. The molecule has 1 fully saturated rings. The molecular weight excluding hydrogens is 232 g/mol. The van der Waals surface area contributed by atoms with E-state index in [0.29, 0.717) is 12.1 Å². The molecule has 4 atom stereocenters. The minimum Gasteiger partial charge on any atom is -0.326 e. The van der Waals surface area contributed by atoms with Crippen molar-refractivity contribution < 1.29 is 0 Å². The molecule has 0 aliphatic heterocycles. The summed E-state index contributed by atoms with van der Waals surface area (Å²) in [5.74, 6) is 0.781. The first-order valence-corrected chi connectivity index (χ1v) is 7.63. The lowest BCUT2D eigenvalue weighted by molar-refractivity contribution is 0.0859. The van der Waals surface area contributed by atoms with E-state index >= 15 is 0 Å². The second-order valence-corrected chi connectivity index (χ2v) is 6.21. The van der Waals surface area contributed by atoms with E-state index in [9.17, 15) is 0 Å². The maximum atomic E-state index is 6.28. The molecule has 0 bridgehead atoms. The van der Waals surface area contributed by atoms with Gasteiger partial charge >= 0.3 is 0 Å². The van der Waals surface area contributed by atoms with E-state index in [1.54, 1.807) is 0 Å². The molecule has 2 rings (SSSR count). The fourth-order valence-corrected chi connectivity index (χ4v) is 3.67. The lowest BCUT2D eigenvalue weighted by Crippen LogP contribution is -2.46. The van der Waals surface area contributed by atoms with E-state index in [4.69, 9.17) is 5.73 Å². The zero-order valence-corrected chi connectivity index (χ0v) is 12.5. The molecule has 2 N–H and O–H groups in total. The number of hydrogen-bond acceptors (Lipinski definition) is 2. The maximum Gasteiger partial charge on any atom is 0.0496 e. The van der Waals surface area contributed by atoms with Crippen LogP contribution in [0.15, 0.2) is 30.3 Å². The monoisotopic (exact) mass is 260 g/mol. The van der Waals surface area contributed by atoms with Crippen LogP contribution in [-0.2, 0) is 0 Å². The van der Waals surface area contributed by atoms with Crippen molar-refractivity contribution in [2.24, 2.45) is 11.7 Å². The van der Waals surface area contributed by atoms with E-state index in [0.717, 1.165) is 5.92 Å². The van der Waals surface area contributed by atoms with Crippen LogP contribution in [0.1, 0.15) is 51.1 Å². The summed E-state index contributed by atoms with van der Waals surface area (Å²) >= 11 is 0. The minimum absolute atomic E-state index is 0.154. The highest BCUT2D eigenvalue weighted by molar-refractivity contribution is 5.20. The van der Waals surface area contributed by atoms with Crippen molar-refractivity contribution in [3.8, 4) is 0 Å². The Balaban J connectivity index is 2.19. The van der Waals surface area contributed by atoms with Crippen LogP contribution in [0.2, 0.25) is 0 Å². The first-order chi connectivity index (χ1) is 9.11. The predicted molar refractivity (Wildman–Crippen MR) is 82.0 cm³/mol. The fourth-order valence-electron chi connectivity index (χ4n) is 3.67. The van der Waals surface area contributed by atoms with Crippen LogP contribution in [0.25, 0.3) is 0 Å². The summed E-state index contributed by atoms with van der Waals surface area (Å²) in [6.45, 7) is 4.52. The van der Waals surface area contributed by atoms with E-state index < -0.39 is 0 Å². The van der Waals surface area contributed by atoms with Crippen molar-refractivity contribution in [3.05, 3.63) is 35.9 Å². The van der Waals surface area contributed by atoms with Gasteiger partial charge in [0.2, 0.25) is 0 Å². The van der Waals surface area contributed by atoms with Crippen molar-refractivity contribution in [1.29, 1.82) is 0 Å². The van der Waals surface area contributed by atoms with Crippen molar-refractivity contribution >= 4 is 0 Å². The van der Waals surface area contributed by atoms with Crippen molar-refractivity contribution in [1.82, 2.24) is 4.90 Å². The van der Waals surface area contributed by atoms with Gasteiger partial charge in [0.15, 0.2) is 0 Å². The van der Waals surface area contributed by atoms with Gasteiger partial charge in [-0.2, -0.15) is 0 Å². The van der Waals surface area contributed by atoms with Crippen molar-refractivity contribution in [3.63, 3.8) is 0 Å². The third kappa shape index (κ3) is 3.37. The molecule has 1 aliphatic carbocycles. The molecular formula is C17H28N2. The summed E-state index contributed by atoms with van der Waals surface area (Å²) in [5, 5.41) is 0. The topological polar surface area (TPSA) is 29.3 Å². The summed E-state index contributed by atoms with van der Waals surface area (Å²) in [6, 6.07) is 11.9. The average Bonchev–Trinajstić information content (AvgIpc) is 2.40. The molecule has 1 aromatic carbocycles. The summed E-state index contributed by atoms with van der Waals surface area (Å²) in [5.41, 5.74) is 7.63. The van der Waals surface area contributed by atoms with Gasteiger partial charge in [0, 0.05) is 18.1 Å². The van der Waals surface area contributed by atoms with E-state index in [-0.39, 0.29) is 6.04 Å². The molecule has 0 amide bonds. The predicted octanol–water partition coefficient (Wildman–Crippen LogP) is 3.59. The van der Waals surface area contributed by atoms with Crippen LogP contribution in [0.4, 0.5) is 0 Å². The maximum absolute atomic E-state index is 6.28. The average molecular weight is 260 g/mol. The number of nitrogens with zero attached hydrogens (tertiary/aromatic N) is 1. The quantitative estimate of drug-likeness (QED) is 0.896. The van der Waals surface area contributed by atoms with Crippen LogP contribution in [-0.4, -0.2) is 24.0 Å². The smallest absolute Gasteiger partial charge is 0.0496 e. The molecule has 0 saturated heterocycles. The number of likely N-dealkylation sites (N-methyl/N-ethyl adjacent to an activating group) is 1. The Labute approximate surface area is 118 Å². The van der Waals surface area contributed by atoms with E-state index in [2.05, 4.69) is 56.1 Å². The van der Waals surface area contributed by atoms with Gasteiger partial charge in [-0.05, 0) is 38.3 Å². The summed E-state index contributed by atoms with van der Waals surface area (Å²) in [6.07, 6.45) is 5.42. The highest BCUT2D eigenvalue weighted by Crippen LogP contribution is 2.33. The Hall–Kier alpha value is -0.860. The Kier molecular flexibility index (Phi) is 5.00. The fraction of sp³-hybridized carbons (Fsp3) is 0.647. The summed E-state index contributed by atoms with van der Waals surface area (Å²) in [4.78, 5) is 2.53. The van der Waals surface area contributed by atoms with Crippen LogP contribution in [0.5, 0.6) is 0 Å². The number of nitrogens with two attached hydrogens (primary N) is 1.